The third-order valence-electron chi connectivity index (χ3n) is 3.02. The second kappa shape index (κ2) is 5.53. The van der Waals surface area contributed by atoms with Gasteiger partial charge in [0.1, 0.15) is 5.78 Å². The maximum atomic E-state index is 12.1. The molecule has 4 heteroatoms. The number of hydrogen-bond donors (Lipinski definition) is 0. The molecule has 0 saturated carbocycles. The summed E-state index contributed by atoms with van der Waals surface area (Å²) in [5.74, 6) is 0.0407. The Morgan fingerprint density at radius 3 is 2.42 bits per heavy atom. The molecule has 2 rings (SSSR count). The minimum Gasteiger partial charge on any atom is -0.300 e. The first kappa shape index (κ1) is 13.7. The third-order valence-corrected chi connectivity index (χ3v) is 4.82. The minimum absolute atomic E-state index is 0.0188. The second-order valence-corrected chi connectivity index (χ2v) is 6.74. The summed E-state index contributed by atoms with van der Waals surface area (Å²) in [6.07, 6.45) is 0.692. The minimum atomic E-state index is -3.30. The van der Waals surface area contributed by atoms with Crippen molar-refractivity contribution in [3.05, 3.63) is 42.5 Å². The van der Waals surface area contributed by atoms with Crippen LogP contribution in [0, 0.1) is 0 Å². The molecule has 0 fully saturated rings. The van der Waals surface area contributed by atoms with Crippen LogP contribution >= 0.6 is 0 Å². The summed E-state index contributed by atoms with van der Waals surface area (Å²) in [4.78, 5) is 11.2. The lowest BCUT2D eigenvalue weighted by molar-refractivity contribution is -0.117. The fraction of sp³-hybridized carbons (Fsp3) is 0.267. The number of ketones is 1. The van der Waals surface area contributed by atoms with Gasteiger partial charge in [-0.15, -0.1) is 0 Å². The highest BCUT2D eigenvalue weighted by Crippen LogP contribution is 2.20. The highest BCUT2D eigenvalue weighted by molar-refractivity contribution is 7.91. The van der Waals surface area contributed by atoms with Gasteiger partial charge in [0, 0.05) is 6.42 Å². The molecule has 0 spiro atoms. The molecule has 0 aliphatic rings. The molecule has 0 atom stereocenters. The fourth-order valence-corrected chi connectivity index (χ4v) is 3.33. The van der Waals surface area contributed by atoms with Crippen molar-refractivity contribution in [2.24, 2.45) is 0 Å². The number of fused-ring (bicyclic) bond motifs is 1. The van der Waals surface area contributed by atoms with Crippen molar-refractivity contribution in [3.63, 3.8) is 0 Å². The normalized spacial score (nSPS) is 11.6. The highest BCUT2D eigenvalue weighted by atomic mass is 32.2. The van der Waals surface area contributed by atoms with Gasteiger partial charge in [0.2, 0.25) is 0 Å². The standard InChI is InChI=1S/C15H16O3S/c1-12(16)5-4-10-19(17,18)15-9-8-13-6-2-3-7-14(13)11-15/h2-3,6-9,11H,4-5,10H2,1H3. The molecule has 0 heterocycles. The van der Waals surface area contributed by atoms with E-state index in [1.54, 1.807) is 12.1 Å². The van der Waals surface area contributed by atoms with Gasteiger partial charge in [-0.05, 0) is 36.2 Å². The Hall–Kier alpha value is -1.68. The lowest BCUT2D eigenvalue weighted by atomic mass is 10.1. The van der Waals surface area contributed by atoms with Crippen molar-refractivity contribution in [1.29, 1.82) is 0 Å². The van der Waals surface area contributed by atoms with Crippen LogP contribution in [0.25, 0.3) is 10.8 Å². The maximum absolute atomic E-state index is 12.1. The molecule has 19 heavy (non-hydrogen) atoms. The Labute approximate surface area is 113 Å². The van der Waals surface area contributed by atoms with E-state index in [2.05, 4.69) is 0 Å². The molecule has 0 radical (unpaired) electrons. The lowest BCUT2D eigenvalue weighted by Crippen LogP contribution is -2.08. The number of Topliss-reactive ketones (excluding diaryl/α,β-unsaturated/α-hetero) is 1. The first-order valence-corrected chi connectivity index (χ1v) is 7.85. The molecule has 100 valence electrons. The van der Waals surface area contributed by atoms with Crippen LogP contribution in [-0.4, -0.2) is 20.0 Å². The Balaban J connectivity index is 2.25. The zero-order valence-corrected chi connectivity index (χ0v) is 11.6. The van der Waals surface area contributed by atoms with Crippen LogP contribution in [-0.2, 0) is 14.6 Å². The maximum Gasteiger partial charge on any atom is 0.178 e. The predicted molar refractivity (Wildman–Crippen MR) is 75.9 cm³/mol. The Bertz CT molecular complexity index is 702. The molecule has 0 aliphatic heterocycles. The van der Waals surface area contributed by atoms with E-state index in [9.17, 15) is 13.2 Å². The van der Waals surface area contributed by atoms with Gasteiger partial charge in [0.05, 0.1) is 10.6 Å². The molecule has 0 saturated heterocycles. The van der Waals surface area contributed by atoms with E-state index in [1.807, 2.05) is 30.3 Å². The fourth-order valence-electron chi connectivity index (χ4n) is 1.99. The predicted octanol–water partition coefficient (Wildman–Crippen LogP) is 2.98. The third kappa shape index (κ3) is 3.41. The molecule has 2 aromatic rings. The molecule has 2 aromatic carbocycles. The van der Waals surface area contributed by atoms with Gasteiger partial charge in [-0.3, -0.25) is 0 Å². The number of hydrogen-bond acceptors (Lipinski definition) is 3. The zero-order chi connectivity index (χ0) is 13.9. The SMILES string of the molecule is CC(=O)CCCS(=O)(=O)c1ccc2ccccc2c1. The van der Waals surface area contributed by atoms with Crippen LogP contribution in [0.15, 0.2) is 47.4 Å². The van der Waals surface area contributed by atoms with Crippen LogP contribution < -0.4 is 0 Å². The van der Waals surface area contributed by atoms with Gasteiger partial charge in [-0.25, -0.2) is 8.42 Å². The average Bonchev–Trinajstić information content (AvgIpc) is 2.37. The van der Waals surface area contributed by atoms with E-state index in [0.29, 0.717) is 17.7 Å². The van der Waals surface area contributed by atoms with E-state index in [1.165, 1.54) is 6.92 Å². The van der Waals surface area contributed by atoms with Crippen molar-refractivity contribution < 1.29 is 13.2 Å². The second-order valence-electron chi connectivity index (χ2n) is 4.63. The Morgan fingerprint density at radius 2 is 1.74 bits per heavy atom. The summed E-state index contributed by atoms with van der Waals surface area (Å²) in [7, 11) is -3.30. The summed E-state index contributed by atoms with van der Waals surface area (Å²) in [6.45, 7) is 1.47. The van der Waals surface area contributed by atoms with Crippen molar-refractivity contribution in [2.75, 3.05) is 5.75 Å². The summed E-state index contributed by atoms with van der Waals surface area (Å²) < 4.78 is 24.3. The van der Waals surface area contributed by atoms with E-state index in [4.69, 9.17) is 0 Å². The van der Waals surface area contributed by atoms with Gasteiger partial charge in [-0.1, -0.05) is 30.3 Å². The quantitative estimate of drug-likeness (QED) is 0.843. The summed E-state index contributed by atoms with van der Waals surface area (Å²) in [6, 6.07) is 12.8. The molecule has 0 aliphatic carbocycles. The van der Waals surface area contributed by atoms with Crippen LogP contribution in [0.1, 0.15) is 19.8 Å². The van der Waals surface area contributed by atoms with E-state index in [0.717, 1.165) is 10.8 Å². The van der Waals surface area contributed by atoms with Crippen molar-refractivity contribution in [1.82, 2.24) is 0 Å². The summed E-state index contributed by atoms with van der Waals surface area (Å²) >= 11 is 0. The Kier molecular flexibility index (Phi) is 4.00. The topological polar surface area (TPSA) is 51.2 Å². The highest BCUT2D eigenvalue weighted by Gasteiger charge is 2.14. The summed E-state index contributed by atoms with van der Waals surface area (Å²) in [5.41, 5.74) is 0. The van der Waals surface area contributed by atoms with Gasteiger partial charge >= 0.3 is 0 Å². The molecular formula is C15H16O3S. The van der Waals surface area contributed by atoms with Crippen molar-refractivity contribution in [3.8, 4) is 0 Å². The first-order chi connectivity index (χ1) is 8.99. The number of carbonyl (C=O) groups excluding carboxylic acids is 1. The average molecular weight is 276 g/mol. The van der Waals surface area contributed by atoms with Gasteiger partial charge in [0.25, 0.3) is 0 Å². The molecule has 0 amide bonds. The van der Waals surface area contributed by atoms with E-state index in [-0.39, 0.29) is 11.5 Å². The summed E-state index contributed by atoms with van der Waals surface area (Å²) in [5, 5.41) is 1.93. The smallest absolute Gasteiger partial charge is 0.178 e. The molecule has 0 unspecified atom stereocenters. The van der Waals surface area contributed by atoms with Gasteiger partial charge in [0.15, 0.2) is 9.84 Å². The number of carbonyl (C=O) groups is 1. The van der Waals surface area contributed by atoms with Crippen LogP contribution in [0.2, 0.25) is 0 Å². The Morgan fingerprint density at radius 1 is 1.05 bits per heavy atom. The molecule has 0 N–H and O–H groups in total. The largest absolute Gasteiger partial charge is 0.300 e. The van der Waals surface area contributed by atoms with Crippen LogP contribution in [0.3, 0.4) is 0 Å². The number of benzene rings is 2. The van der Waals surface area contributed by atoms with E-state index < -0.39 is 9.84 Å². The lowest BCUT2D eigenvalue weighted by Gasteiger charge is -2.05. The van der Waals surface area contributed by atoms with Gasteiger partial charge in [-0.2, -0.15) is 0 Å². The van der Waals surface area contributed by atoms with Gasteiger partial charge < -0.3 is 4.79 Å². The van der Waals surface area contributed by atoms with E-state index >= 15 is 0 Å². The van der Waals surface area contributed by atoms with Crippen molar-refractivity contribution in [2.45, 2.75) is 24.7 Å². The molecule has 3 nitrogen and oxygen atoms in total. The molecule has 0 bridgehead atoms. The number of sulfone groups is 1. The monoisotopic (exact) mass is 276 g/mol. The number of rotatable bonds is 5. The molecule has 0 aromatic heterocycles. The molecular weight excluding hydrogens is 260 g/mol. The van der Waals surface area contributed by atoms with Crippen LogP contribution in [0.4, 0.5) is 0 Å². The van der Waals surface area contributed by atoms with Crippen LogP contribution in [0.5, 0.6) is 0 Å². The zero-order valence-electron chi connectivity index (χ0n) is 10.8. The van der Waals surface area contributed by atoms with Crippen molar-refractivity contribution >= 4 is 26.4 Å². The first-order valence-electron chi connectivity index (χ1n) is 6.20.